The number of hydrogen-bond donors (Lipinski definition) is 1. The van der Waals surface area contributed by atoms with Gasteiger partial charge in [0.05, 0.1) is 18.1 Å². The van der Waals surface area contributed by atoms with Crippen LogP contribution in [-0.4, -0.2) is 36.2 Å². The Morgan fingerprint density at radius 1 is 1.50 bits per heavy atom. The largest absolute Gasteiger partial charge is 0.395 e. The molecule has 3 nitrogen and oxygen atoms in total. The fraction of sp³-hybridized carbons (Fsp3) is 0.727. The van der Waals surface area contributed by atoms with E-state index in [2.05, 4.69) is 17.5 Å². The lowest BCUT2D eigenvalue weighted by molar-refractivity contribution is 0.195. The second-order valence-corrected chi connectivity index (χ2v) is 4.06. The van der Waals surface area contributed by atoms with Gasteiger partial charge in [-0.2, -0.15) is 5.26 Å². The average Bonchev–Trinajstić information content (AvgIpc) is 2.15. The zero-order valence-electron chi connectivity index (χ0n) is 9.16. The number of rotatable bonds is 7. The highest BCUT2D eigenvalue weighted by atomic mass is 16.3. The molecule has 1 N–H and O–H groups in total. The Hall–Kier alpha value is -0.850. The molecule has 0 amide bonds. The molecule has 0 unspecified atom stereocenters. The summed E-state index contributed by atoms with van der Waals surface area (Å²) in [6.07, 6.45) is 2.63. The Balaban J connectivity index is 3.93. The summed E-state index contributed by atoms with van der Waals surface area (Å²) in [5.74, 6) is 0. The summed E-state index contributed by atoms with van der Waals surface area (Å²) in [6.45, 7) is 9.91. The molecule has 0 spiro atoms. The van der Waals surface area contributed by atoms with Crippen LogP contribution >= 0.6 is 0 Å². The van der Waals surface area contributed by atoms with Gasteiger partial charge in [-0.15, -0.1) is 6.58 Å². The standard InChI is InChI=1S/C11H20N2O/c1-4-6-13(8-9-14)7-5-11(2,3)10-12/h4,14H,1,5-9H2,2-3H3. The third kappa shape index (κ3) is 5.74. The minimum absolute atomic E-state index is 0.154. The van der Waals surface area contributed by atoms with Crippen LogP contribution in [0.15, 0.2) is 12.7 Å². The minimum Gasteiger partial charge on any atom is -0.395 e. The first kappa shape index (κ1) is 13.2. The molecule has 0 aromatic rings. The molecule has 0 saturated carbocycles. The molecular weight excluding hydrogens is 176 g/mol. The van der Waals surface area contributed by atoms with Gasteiger partial charge >= 0.3 is 0 Å². The van der Waals surface area contributed by atoms with Crippen molar-refractivity contribution >= 4 is 0 Å². The maximum atomic E-state index is 8.83. The van der Waals surface area contributed by atoms with Crippen molar-refractivity contribution in [3.05, 3.63) is 12.7 Å². The Labute approximate surface area is 86.6 Å². The maximum Gasteiger partial charge on any atom is 0.0684 e. The number of aliphatic hydroxyl groups is 1. The van der Waals surface area contributed by atoms with Crippen molar-refractivity contribution in [1.29, 1.82) is 5.26 Å². The van der Waals surface area contributed by atoms with Gasteiger partial charge in [-0.3, -0.25) is 4.90 Å². The Kier molecular flexibility index (Phi) is 6.18. The van der Waals surface area contributed by atoms with Crippen LogP contribution in [0.3, 0.4) is 0 Å². The minimum atomic E-state index is -0.283. The van der Waals surface area contributed by atoms with Crippen LogP contribution in [0.25, 0.3) is 0 Å². The monoisotopic (exact) mass is 196 g/mol. The van der Waals surface area contributed by atoms with Crippen LogP contribution in [0, 0.1) is 16.7 Å². The molecular formula is C11H20N2O. The molecule has 0 aliphatic rings. The van der Waals surface area contributed by atoms with Crippen LogP contribution in [0.5, 0.6) is 0 Å². The predicted molar refractivity (Wildman–Crippen MR) is 57.7 cm³/mol. The number of aliphatic hydroxyl groups excluding tert-OH is 1. The molecule has 0 bridgehead atoms. The van der Waals surface area contributed by atoms with E-state index in [0.29, 0.717) is 6.54 Å². The molecule has 0 aromatic carbocycles. The van der Waals surface area contributed by atoms with Crippen LogP contribution in [0.4, 0.5) is 0 Å². The molecule has 0 heterocycles. The third-order valence-corrected chi connectivity index (χ3v) is 2.16. The van der Waals surface area contributed by atoms with E-state index in [1.807, 2.05) is 19.9 Å². The second kappa shape index (κ2) is 6.58. The van der Waals surface area contributed by atoms with Crippen LogP contribution < -0.4 is 0 Å². The van der Waals surface area contributed by atoms with Gasteiger partial charge in [0.1, 0.15) is 0 Å². The smallest absolute Gasteiger partial charge is 0.0684 e. The Morgan fingerprint density at radius 2 is 2.14 bits per heavy atom. The lowest BCUT2D eigenvalue weighted by atomic mass is 9.91. The van der Waals surface area contributed by atoms with E-state index in [1.54, 1.807) is 0 Å². The maximum absolute atomic E-state index is 8.83. The fourth-order valence-electron chi connectivity index (χ4n) is 1.11. The molecule has 0 fully saturated rings. The zero-order valence-corrected chi connectivity index (χ0v) is 9.16. The van der Waals surface area contributed by atoms with Crippen molar-refractivity contribution in [3.8, 4) is 6.07 Å². The van der Waals surface area contributed by atoms with Crippen molar-refractivity contribution in [2.45, 2.75) is 20.3 Å². The van der Waals surface area contributed by atoms with E-state index in [9.17, 15) is 0 Å². The highest BCUT2D eigenvalue weighted by Crippen LogP contribution is 2.18. The second-order valence-electron chi connectivity index (χ2n) is 4.06. The molecule has 80 valence electrons. The van der Waals surface area contributed by atoms with E-state index in [1.165, 1.54) is 0 Å². The molecule has 0 aromatic heterocycles. The van der Waals surface area contributed by atoms with Crippen molar-refractivity contribution in [3.63, 3.8) is 0 Å². The van der Waals surface area contributed by atoms with Crippen molar-refractivity contribution < 1.29 is 5.11 Å². The number of hydrogen-bond acceptors (Lipinski definition) is 3. The van der Waals surface area contributed by atoms with E-state index in [4.69, 9.17) is 10.4 Å². The molecule has 0 rings (SSSR count). The highest BCUT2D eigenvalue weighted by Gasteiger charge is 2.17. The lowest BCUT2D eigenvalue weighted by Crippen LogP contribution is -2.30. The first-order valence-corrected chi connectivity index (χ1v) is 4.91. The SMILES string of the molecule is C=CCN(CCO)CCC(C)(C)C#N. The van der Waals surface area contributed by atoms with Gasteiger partial charge in [0, 0.05) is 19.6 Å². The summed E-state index contributed by atoms with van der Waals surface area (Å²) >= 11 is 0. The van der Waals surface area contributed by atoms with Gasteiger partial charge in [-0.05, 0) is 20.3 Å². The predicted octanol–water partition coefficient (Wildman–Crippen LogP) is 1.41. The number of nitriles is 1. The van der Waals surface area contributed by atoms with Crippen molar-refractivity contribution in [1.82, 2.24) is 4.90 Å². The van der Waals surface area contributed by atoms with Gasteiger partial charge in [0.25, 0.3) is 0 Å². The summed E-state index contributed by atoms with van der Waals surface area (Å²) in [6, 6.07) is 2.27. The van der Waals surface area contributed by atoms with Crippen LogP contribution in [0.1, 0.15) is 20.3 Å². The molecule has 3 heteroatoms. The third-order valence-electron chi connectivity index (χ3n) is 2.16. The van der Waals surface area contributed by atoms with E-state index >= 15 is 0 Å². The average molecular weight is 196 g/mol. The quantitative estimate of drug-likeness (QED) is 0.626. The van der Waals surface area contributed by atoms with Crippen LogP contribution in [0.2, 0.25) is 0 Å². The number of nitrogens with zero attached hydrogens (tertiary/aromatic N) is 2. The zero-order chi connectivity index (χ0) is 11.0. The highest BCUT2D eigenvalue weighted by molar-refractivity contribution is 4.92. The van der Waals surface area contributed by atoms with E-state index in [-0.39, 0.29) is 12.0 Å². The molecule has 0 aliphatic carbocycles. The van der Waals surface area contributed by atoms with Gasteiger partial charge in [-0.25, -0.2) is 0 Å². The molecule has 0 radical (unpaired) electrons. The normalized spacial score (nSPS) is 11.4. The topological polar surface area (TPSA) is 47.3 Å². The molecule has 0 atom stereocenters. The fourth-order valence-corrected chi connectivity index (χ4v) is 1.11. The molecule has 14 heavy (non-hydrogen) atoms. The van der Waals surface area contributed by atoms with Crippen LogP contribution in [-0.2, 0) is 0 Å². The molecule has 0 saturated heterocycles. The van der Waals surface area contributed by atoms with Gasteiger partial charge in [0.2, 0.25) is 0 Å². The Morgan fingerprint density at radius 3 is 2.57 bits per heavy atom. The van der Waals surface area contributed by atoms with Gasteiger partial charge in [-0.1, -0.05) is 6.08 Å². The summed E-state index contributed by atoms with van der Waals surface area (Å²) < 4.78 is 0. The lowest BCUT2D eigenvalue weighted by Gasteiger charge is -2.23. The van der Waals surface area contributed by atoms with Crippen molar-refractivity contribution in [2.75, 3.05) is 26.2 Å². The van der Waals surface area contributed by atoms with Crippen molar-refractivity contribution in [2.24, 2.45) is 5.41 Å². The van der Waals surface area contributed by atoms with E-state index < -0.39 is 0 Å². The summed E-state index contributed by atoms with van der Waals surface area (Å²) in [4.78, 5) is 2.09. The first-order valence-electron chi connectivity index (χ1n) is 4.91. The van der Waals surface area contributed by atoms with Gasteiger partial charge in [0.15, 0.2) is 0 Å². The first-order chi connectivity index (χ1) is 6.55. The summed E-state index contributed by atoms with van der Waals surface area (Å²) in [5.41, 5.74) is -0.283. The summed E-state index contributed by atoms with van der Waals surface area (Å²) in [5, 5.41) is 17.6. The van der Waals surface area contributed by atoms with Gasteiger partial charge < -0.3 is 5.11 Å². The molecule has 0 aliphatic heterocycles. The summed E-state index contributed by atoms with van der Waals surface area (Å²) in [7, 11) is 0. The Bertz CT molecular complexity index is 206. The van der Waals surface area contributed by atoms with E-state index in [0.717, 1.165) is 19.5 Å².